The van der Waals surface area contributed by atoms with E-state index in [2.05, 4.69) is 29.0 Å². The van der Waals surface area contributed by atoms with Crippen molar-refractivity contribution >= 4 is 12.4 Å². The maximum absolute atomic E-state index is 6.16. The van der Waals surface area contributed by atoms with Gasteiger partial charge >= 0.3 is 0 Å². The van der Waals surface area contributed by atoms with Gasteiger partial charge in [-0.2, -0.15) is 0 Å². The van der Waals surface area contributed by atoms with Crippen LogP contribution in [0.2, 0.25) is 0 Å². The van der Waals surface area contributed by atoms with Crippen LogP contribution in [0.1, 0.15) is 51.0 Å². The van der Waals surface area contributed by atoms with Gasteiger partial charge in [0.15, 0.2) is 5.60 Å². The van der Waals surface area contributed by atoms with Gasteiger partial charge in [-0.25, -0.2) is 0 Å². The van der Waals surface area contributed by atoms with Gasteiger partial charge in [-0.05, 0) is 12.0 Å². The molecule has 1 aromatic rings. The molecule has 1 aromatic carbocycles. The zero-order valence-corrected chi connectivity index (χ0v) is 13.0. The zero-order chi connectivity index (χ0) is 14.8. The van der Waals surface area contributed by atoms with E-state index in [0.29, 0.717) is 6.67 Å². The van der Waals surface area contributed by atoms with Crippen molar-refractivity contribution in [3.05, 3.63) is 35.9 Å². The summed E-state index contributed by atoms with van der Waals surface area (Å²) in [6.07, 6.45) is 11.4. The summed E-state index contributed by atoms with van der Waals surface area (Å²) in [6, 6.07) is 10.2. The molecule has 0 bridgehead atoms. The maximum Gasteiger partial charge on any atom is 0.163 e. The van der Waals surface area contributed by atoms with Gasteiger partial charge in [-0.3, -0.25) is 9.98 Å². The second-order valence-electron chi connectivity index (χ2n) is 5.54. The molecule has 1 heterocycles. The average molecular weight is 286 g/mol. The van der Waals surface area contributed by atoms with E-state index in [9.17, 15) is 0 Å². The van der Waals surface area contributed by atoms with Crippen LogP contribution in [0.4, 0.5) is 0 Å². The lowest BCUT2D eigenvalue weighted by molar-refractivity contribution is 0.0575. The number of hydrogen-bond donors (Lipinski definition) is 0. The first-order valence-electron chi connectivity index (χ1n) is 8.09. The van der Waals surface area contributed by atoms with Crippen molar-refractivity contribution in [2.24, 2.45) is 9.98 Å². The van der Waals surface area contributed by atoms with E-state index in [4.69, 9.17) is 4.74 Å². The molecule has 114 valence electrons. The van der Waals surface area contributed by atoms with Crippen molar-refractivity contribution in [1.29, 1.82) is 0 Å². The van der Waals surface area contributed by atoms with Crippen molar-refractivity contribution in [3.8, 4) is 0 Å². The molecule has 0 fully saturated rings. The summed E-state index contributed by atoms with van der Waals surface area (Å²) < 4.78 is 6.16. The summed E-state index contributed by atoms with van der Waals surface area (Å²) in [5.41, 5.74) is 0.534. The number of nitrogens with zero attached hydrogens (tertiary/aromatic N) is 2. The number of unbranched alkanes of at least 4 members (excludes halogenated alkanes) is 5. The first-order valence-corrected chi connectivity index (χ1v) is 8.09. The summed E-state index contributed by atoms with van der Waals surface area (Å²) >= 11 is 0. The predicted octanol–water partition coefficient (Wildman–Crippen LogP) is 4.37. The van der Waals surface area contributed by atoms with Crippen LogP contribution in [0.3, 0.4) is 0 Å². The Morgan fingerprint density at radius 2 is 1.62 bits per heavy atom. The predicted molar refractivity (Wildman–Crippen MR) is 89.3 cm³/mol. The summed E-state index contributed by atoms with van der Waals surface area (Å²) in [6.45, 7) is 3.50. The topological polar surface area (TPSA) is 34.0 Å². The smallest absolute Gasteiger partial charge is 0.163 e. The molecule has 0 aromatic heterocycles. The molecular weight excluding hydrogens is 260 g/mol. The van der Waals surface area contributed by atoms with E-state index in [1.807, 2.05) is 30.6 Å². The first kappa shape index (κ1) is 15.9. The molecule has 2 rings (SSSR count). The van der Waals surface area contributed by atoms with Gasteiger partial charge in [-0.15, -0.1) is 0 Å². The lowest BCUT2D eigenvalue weighted by Gasteiger charge is -2.28. The van der Waals surface area contributed by atoms with Crippen LogP contribution in [0.25, 0.3) is 0 Å². The Balaban J connectivity index is 1.86. The normalized spacial score (nSPS) is 16.2. The molecule has 0 amide bonds. The molecule has 0 N–H and O–H groups in total. The quantitative estimate of drug-likeness (QED) is 0.621. The highest BCUT2D eigenvalue weighted by Crippen LogP contribution is 2.24. The van der Waals surface area contributed by atoms with Crippen molar-refractivity contribution in [3.63, 3.8) is 0 Å². The van der Waals surface area contributed by atoms with Crippen LogP contribution in [0.15, 0.2) is 40.3 Å². The van der Waals surface area contributed by atoms with Gasteiger partial charge in [0.1, 0.15) is 6.67 Å². The third-order valence-corrected chi connectivity index (χ3v) is 3.79. The van der Waals surface area contributed by atoms with Crippen molar-refractivity contribution in [2.75, 3.05) is 13.3 Å². The van der Waals surface area contributed by atoms with Crippen LogP contribution >= 0.6 is 0 Å². The molecule has 21 heavy (non-hydrogen) atoms. The van der Waals surface area contributed by atoms with Crippen LogP contribution < -0.4 is 0 Å². The number of ether oxygens (including phenoxy) is 1. The zero-order valence-electron chi connectivity index (χ0n) is 13.0. The van der Waals surface area contributed by atoms with Gasteiger partial charge in [0.05, 0.1) is 0 Å². The minimum Gasteiger partial charge on any atom is -0.359 e. The van der Waals surface area contributed by atoms with Crippen LogP contribution in [0, 0.1) is 0 Å². The first-order chi connectivity index (χ1) is 10.4. The fraction of sp³-hybridized carbons (Fsp3) is 0.556. The molecular formula is C18H26N2O. The Hall–Kier alpha value is -1.48. The lowest BCUT2D eigenvalue weighted by Crippen LogP contribution is -2.35. The third-order valence-electron chi connectivity index (χ3n) is 3.79. The number of rotatable bonds is 9. The summed E-state index contributed by atoms with van der Waals surface area (Å²) in [5, 5.41) is 0. The van der Waals surface area contributed by atoms with E-state index in [0.717, 1.165) is 18.6 Å². The van der Waals surface area contributed by atoms with Crippen molar-refractivity contribution in [2.45, 2.75) is 51.0 Å². The van der Waals surface area contributed by atoms with Crippen molar-refractivity contribution in [1.82, 2.24) is 0 Å². The van der Waals surface area contributed by atoms with Gasteiger partial charge < -0.3 is 4.74 Å². The van der Waals surface area contributed by atoms with Gasteiger partial charge in [0.2, 0.25) is 0 Å². The molecule has 0 aliphatic carbocycles. The highest BCUT2D eigenvalue weighted by molar-refractivity contribution is 5.95. The molecule has 0 unspecified atom stereocenters. The fourth-order valence-electron chi connectivity index (χ4n) is 2.56. The number of benzene rings is 1. The minimum atomic E-state index is -0.567. The second kappa shape index (κ2) is 8.73. The highest BCUT2D eigenvalue weighted by Gasteiger charge is 2.30. The Morgan fingerprint density at radius 1 is 0.952 bits per heavy atom. The molecule has 0 saturated carbocycles. The van der Waals surface area contributed by atoms with Crippen molar-refractivity contribution < 1.29 is 4.74 Å². The molecule has 1 aliphatic heterocycles. The monoisotopic (exact) mass is 286 g/mol. The Bertz CT molecular complexity index is 442. The third kappa shape index (κ3) is 4.78. The Labute approximate surface area is 128 Å². The molecule has 0 spiro atoms. The fourth-order valence-corrected chi connectivity index (χ4v) is 2.56. The largest absolute Gasteiger partial charge is 0.359 e. The molecule has 0 radical (unpaired) electrons. The molecule has 1 aliphatic rings. The Kier molecular flexibility index (Phi) is 6.61. The summed E-state index contributed by atoms with van der Waals surface area (Å²) in [5.74, 6) is 0. The molecule has 0 saturated heterocycles. The van der Waals surface area contributed by atoms with Crippen LogP contribution in [-0.2, 0) is 10.3 Å². The van der Waals surface area contributed by atoms with Gasteiger partial charge in [0.25, 0.3) is 0 Å². The lowest BCUT2D eigenvalue weighted by atomic mass is 9.95. The molecule has 0 atom stereocenters. The maximum atomic E-state index is 6.16. The minimum absolute atomic E-state index is 0.509. The summed E-state index contributed by atoms with van der Waals surface area (Å²) in [4.78, 5) is 8.60. The molecule has 3 nitrogen and oxygen atoms in total. The van der Waals surface area contributed by atoms with E-state index >= 15 is 0 Å². The standard InChI is InChI=1S/C18H26N2O/c1-2-3-4-5-6-10-13-21-18(14-19-16-20-15-18)17-11-8-7-9-12-17/h7-9,11-12,14-15H,2-6,10,13,16H2,1H3. The number of aliphatic imine (C=N–C) groups is 2. The average Bonchev–Trinajstić information content (AvgIpc) is 2.56. The summed E-state index contributed by atoms with van der Waals surface area (Å²) in [7, 11) is 0. The second-order valence-corrected chi connectivity index (χ2v) is 5.54. The van der Waals surface area contributed by atoms with Gasteiger partial charge in [-0.1, -0.05) is 69.4 Å². The van der Waals surface area contributed by atoms with E-state index < -0.39 is 5.60 Å². The number of hydrogen-bond acceptors (Lipinski definition) is 3. The Morgan fingerprint density at radius 3 is 2.33 bits per heavy atom. The van der Waals surface area contributed by atoms with E-state index in [1.54, 1.807) is 0 Å². The van der Waals surface area contributed by atoms with E-state index in [1.165, 1.54) is 32.1 Å². The SMILES string of the molecule is CCCCCCCCOC1(c2ccccc2)C=NCN=C1. The van der Waals surface area contributed by atoms with E-state index in [-0.39, 0.29) is 0 Å². The highest BCUT2D eigenvalue weighted by atomic mass is 16.5. The van der Waals surface area contributed by atoms with Crippen LogP contribution in [-0.4, -0.2) is 25.7 Å². The van der Waals surface area contributed by atoms with Crippen LogP contribution in [0.5, 0.6) is 0 Å². The molecule has 3 heteroatoms. The van der Waals surface area contributed by atoms with Gasteiger partial charge in [0, 0.05) is 19.0 Å².